The summed E-state index contributed by atoms with van der Waals surface area (Å²) in [6.45, 7) is 6.71. The van der Waals surface area contributed by atoms with Gasteiger partial charge in [-0.1, -0.05) is 25.1 Å². The van der Waals surface area contributed by atoms with Crippen LogP contribution in [0.25, 0.3) is 0 Å². The first-order valence-corrected chi connectivity index (χ1v) is 12.5. The van der Waals surface area contributed by atoms with E-state index in [2.05, 4.69) is 15.7 Å². The highest BCUT2D eigenvalue weighted by Crippen LogP contribution is 2.45. The number of esters is 1. The van der Waals surface area contributed by atoms with Crippen LogP contribution in [0.4, 0.5) is 0 Å². The number of rotatable bonds is 13. The smallest absolute Gasteiger partial charge is 0.459 e. The van der Waals surface area contributed by atoms with E-state index in [1.807, 2.05) is 6.92 Å². The molecule has 34 heavy (non-hydrogen) atoms. The molecule has 0 spiro atoms. The SMILES string of the molecule is CC(C)OC(=O)C(C)NP(=O)(OCC1CC(C)C(NC(=O)/C=C\NC=O)O1)Oc1ccccc1. The average molecular weight is 497 g/mol. The molecule has 188 valence electrons. The number of benzene rings is 1. The van der Waals surface area contributed by atoms with Crippen molar-refractivity contribution in [3.63, 3.8) is 0 Å². The van der Waals surface area contributed by atoms with Crippen LogP contribution in [0.3, 0.4) is 0 Å². The maximum Gasteiger partial charge on any atom is 0.459 e. The molecule has 12 heteroatoms. The van der Waals surface area contributed by atoms with E-state index in [4.69, 9.17) is 18.5 Å². The van der Waals surface area contributed by atoms with Gasteiger partial charge in [0.05, 0.1) is 18.8 Å². The molecule has 5 unspecified atom stereocenters. The molecule has 1 heterocycles. The van der Waals surface area contributed by atoms with Gasteiger partial charge in [0, 0.05) is 18.2 Å². The molecule has 1 aromatic rings. The number of carbonyl (C=O) groups excluding carboxylic acids is 3. The minimum absolute atomic E-state index is 0.0488. The van der Waals surface area contributed by atoms with E-state index in [1.165, 1.54) is 13.1 Å². The number of nitrogens with one attached hydrogen (secondary N) is 3. The Labute approximate surface area is 199 Å². The van der Waals surface area contributed by atoms with E-state index >= 15 is 0 Å². The van der Waals surface area contributed by atoms with Gasteiger partial charge in [0.25, 0.3) is 0 Å². The standard InChI is InChI=1S/C22H32N3O8P/c1-15(2)31-22(28)17(4)25-34(29,33-18-8-6-5-7-9-18)30-13-19-12-16(3)21(32-19)24-20(27)10-11-23-14-26/h5-11,14-17,19,21H,12-13H2,1-4H3,(H,23,26)(H,24,27)(H,25,29)/b11-10-. The number of para-hydroxylation sites is 1. The van der Waals surface area contributed by atoms with E-state index in [0.717, 1.165) is 6.08 Å². The summed E-state index contributed by atoms with van der Waals surface area (Å²) >= 11 is 0. The summed E-state index contributed by atoms with van der Waals surface area (Å²) in [5.74, 6) is -0.789. The summed E-state index contributed by atoms with van der Waals surface area (Å²) in [6.07, 6.45) is 1.93. The maximum atomic E-state index is 13.5. The van der Waals surface area contributed by atoms with Crippen LogP contribution in [0.1, 0.15) is 34.1 Å². The molecule has 1 aliphatic rings. The van der Waals surface area contributed by atoms with Crippen LogP contribution in [0.2, 0.25) is 0 Å². The van der Waals surface area contributed by atoms with E-state index < -0.39 is 38.0 Å². The second-order valence-corrected chi connectivity index (χ2v) is 9.75. The van der Waals surface area contributed by atoms with Crippen LogP contribution < -0.4 is 20.2 Å². The van der Waals surface area contributed by atoms with Crippen molar-refractivity contribution in [2.45, 2.75) is 58.6 Å². The van der Waals surface area contributed by atoms with Crippen LogP contribution in [0, 0.1) is 5.92 Å². The summed E-state index contributed by atoms with van der Waals surface area (Å²) in [4.78, 5) is 34.4. The van der Waals surface area contributed by atoms with E-state index in [-0.39, 0.29) is 18.6 Å². The lowest BCUT2D eigenvalue weighted by atomic mass is 10.1. The maximum absolute atomic E-state index is 13.5. The third kappa shape index (κ3) is 9.26. The van der Waals surface area contributed by atoms with Gasteiger partial charge in [-0.3, -0.25) is 18.9 Å². The monoisotopic (exact) mass is 497 g/mol. The second-order valence-electron chi connectivity index (χ2n) is 8.05. The lowest BCUT2D eigenvalue weighted by Crippen LogP contribution is -2.38. The van der Waals surface area contributed by atoms with Crippen molar-refractivity contribution >= 4 is 26.0 Å². The molecule has 2 amide bonds. The zero-order chi connectivity index (χ0) is 25.1. The van der Waals surface area contributed by atoms with Crippen molar-refractivity contribution in [3.8, 4) is 5.75 Å². The summed E-state index contributed by atoms with van der Waals surface area (Å²) in [7, 11) is -4.00. The molecule has 3 N–H and O–H groups in total. The topological polar surface area (TPSA) is 141 Å². The van der Waals surface area contributed by atoms with Crippen LogP contribution in [0.15, 0.2) is 42.6 Å². The highest BCUT2D eigenvalue weighted by atomic mass is 31.2. The quantitative estimate of drug-likeness (QED) is 0.162. The summed E-state index contributed by atoms with van der Waals surface area (Å²) < 4.78 is 35.7. The van der Waals surface area contributed by atoms with Crippen LogP contribution in [-0.4, -0.2) is 49.4 Å². The second kappa shape index (κ2) is 13.2. The Balaban J connectivity index is 2.01. The van der Waals surface area contributed by atoms with Crippen LogP contribution in [-0.2, 0) is 32.9 Å². The molecule has 11 nitrogen and oxygen atoms in total. The Morgan fingerprint density at radius 3 is 2.59 bits per heavy atom. The normalized spacial score (nSPS) is 22.7. The van der Waals surface area contributed by atoms with Gasteiger partial charge in [-0.2, -0.15) is 5.09 Å². The van der Waals surface area contributed by atoms with Gasteiger partial charge in [0.15, 0.2) is 0 Å². The third-order valence-corrected chi connectivity index (χ3v) is 6.27. The molecular formula is C22H32N3O8P. The van der Waals surface area contributed by atoms with Gasteiger partial charge in [-0.15, -0.1) is 0 Å². The molecule has 1 fully saturated rings. The molecule has 0 bridgehead atoms. The summed E-state index contributed by atoms with van der Waals surface area (Å²) in [5.41, 5.74) is 0. The number of amides is 2. The van der Waals surface area contributed by atoms with Crippen LogP contribution >= 0.6 is 7.75 Å². The van der Waals surface area contributed by atoms with Gasteiger partial charge in [-0.05, 0) is 39.3 Å². The molecule has 5 atom stereocenters. The van der Waals surface area contributed by atoms with Gasteiger partial charge in [-0.25, -0.2) is 4.57 Å². The minimum atomic E-state index is -4.00. The fraction of sp³-hybridized carbons (Fsp3) is 0.500. The predicted molar refractivity (Wildman–Crippen MR) is 123 cm³/mol. The first-order valence-electron chi connectivity index (χ1n) is 10.9. The molecular weight excluding hydrogens is 465 g/mol. The van der Waals surface area contributed by atoms with Crippen molar-refractivity contribution < 1.29 is 37.5 Å². The Morgan fingerprint density at radius 2 is 1.94 bits per heavy atom. The first kappa shape index (κ1) is 27.5. The van der Waals surface area contributed by atoms with Crippen LogP contribution in [0.5, 0.6) is 5.75 Å². The third-order valence-electron chi connectivity index (χ3n) is 4.63. The number of ether oxygens (including phenoxy) is 2. The Kier molecular flexibility index (Phi) is 10.7. The largest absolute Gasteiger partial charge is 0.462 e. The molecule has 1 aliphatic heterocycles. The number of carbonyl (C=O) groups is 3. The molecule has 1 aromatic carbocycles. The fourth-order valence-electron chi connectivity index (χ4n) is 3.09. The van der Waals surface area contributed by atoms with Crippen molar-refractivity contribution in [3.05, 3.63) is 42.6 Å². The highest BCUT2D eigenvalue weighted by molar-refractivity contribution is 7.52. The Morgan fingerprint density at radius 1 is 1.24 bits per heavy atom. The first-order chi connectivity index (χ1) is 16.1. The van der Waals surface area contributed by atoms with Crippen molar-refractivity contribution in [2.24, 2.45) is 5.92 Å². The number of hydrogen-bond acceptors (Lipinski definition) is 8. The summed E-state index contributed by atoms with van der Waals surface area (Å²) in [6, 6.07) is 7.47. The van der Waals surface area contributed by atoms with Crippen molar-refractivity contribution in [1.29, 1.82) is 0 Å². The Bertz CT molecular complexity index is 895. The Hall–Kier alpha value is -2.72. The molecule has 0 saturated carbocycles. The molecule has 2 rings (SSSR count). The zero-order valence-electron chi connectivity index (χ0n) is 19.6. The highest BCUT2D eigenvalue weighted by Gasteiger charge is 2.37. The lowest BCUT2D eigenvalue weighted by Gasteiger charge is -2.24. The fourth-order valence-corrected chi connectivity index (χ4v) is 4.61. The van der Waals surface area contributed by atoms with E-state index in [1.54, 1.807) is 44.2 Å². The average Bonchev–Trinajstić information content (AvgIpc) is 3.12. The van der Waals surface area contributed by atoms with Crippen molar-refractivity contribution in [2.75, 3.05) is 6.61 Å². The van der Waals surface area contributed by atoms with E-state index in [0.29, 0.717) is 18.6 Å². The van der Waals surface area contributed by atoms with Gasteiger partial charge in [0.1, 0.15) is 18.0 Å². The van der Waals surface area contributed by atoms with Gasteiger partial charge in [0.2, 0.25) is 12.3 Å². The molecule has 0 radical (unpaired) electrons. The summed E-state index contributed by atoms with van der Waals surface area (Å²) in [5, 5.41) is 7.55. The number of hydrogen-bond donors (Lipinski definition) is 3. The molecule has 0 aliphatic carbocycles. The van der Waals surface area contributed by atoms with Gasteiger partial charge >= 0.3 is 13.7 Å². The lowest BCUT2D eigenvalue weighted by molar-refractivity contribution is -0.149. The predicted octanol–water partition coefficient (Wildman–Crippen LogP) is 2.25. The van der Waals surface area contributed by atoms with Crippen molar-refractivity contribution in [1.82, 2.24) is 15.7 Å². The minimum Gasteiger partial charge on any atom is -0.462 e. The molecule has 1 saturated heterocycles. The van der Waals surface area contributed by atoms with Gasteiger partial charge < -0.3 is 24.6 Å². The zero-order valence-corrected chi connectivity index (χ0v) is 20.5. The van der Waals surface area contributed by atoms with E-state index in [9.17, 15) is 18.9 Å². The molecule has 0 aromatic heterocycles.